The van der Waals surface area contributed by atoms with Crippen LogP contribution in [0.4, 0.5) is 5.69 Å². The topological polar surface area (TPSA) is 105 Å². The Hall–Kier alpha value is -3.47. The summed E-state index contributed by atoms with van der Waals surface area (Å²) in [6, 6.07) is 16.4. The Bertz CT molecular complexity index is 1540. The Labute approximate surface area is 256 Å². The minimum Gasteiger partial charge on any atom is -0.486 e. The van der Waals surface area contributed by atoms with Gasteiger partial charge in [-0.1, -0.05) is 54.4 Å². The molecule has 1 N–H and O–H groups in total. The monoisotopic (exact) mass is 633 g/mol. The van der Waals surface area contributed by atoms with Crippen LogP contribution < -0.4 is 19.1 Å². The zero-order valence-electron chi connectivity index (χ0n) is 23.5. The summed E-state index contributed by atoms with van der Waals surface area (Å²) in [6.07, 6.45) is 0.701. The molecule has 0 aliphatic carbocycles. The fourth-order valence-corrected chi connectivity index (χ4v) is 6.07. The van der Waals surface area contributed by atoms with Crippen LogP contribution >= 0.6 is 23.2 Å². The Balaban J connectivity index is 1.73. The van der Waals surface area contributed by atoms with Gasteiger partial charge in [-0.3, -0.25) is 13.9 Å². The molecule has 0 spiro atoms. The lowest BCUT2D eigenvalue weighted by molar-refractivity contribution is -0.139. The maximum Gasteiger partial charge on any atom is 0.264 e. The molecule has 0 saturated carbocycles. The van der Waals surface area contributed by atoms with Crippen molar-refractivity contribution >= 4 is 50.7 Å². The van der Waals surface area contributed by atoms with Crippen LogP contribution in [0, 0.1) is 0 Å². The van der Waals surface area contributed by atoms with Crippen LogP contribution in [-0.4, -0.2) is 57.0 Å². The maximum atomic E-state index is 14.1. The Morgan fingerprint density at radius 3 is 2.29 bits per heavy atom. The second kappa shape index (κ2) is 13.7. The number of nitrogens with one attached hydrogen (secondary N) is 1. The molecule has 1 aliphatic heterocycles. The van der Waals surface area contributed by atoms with Crippen molar-refractivity contribution in [2.75, 3.05) is 24.1 Å². The molecule has 9 nitrogen and oxygen atoms in total. The summed E-state index contributed by atoms with van der Waals surface area (Å²) in [5.74, 6) is -0.116. The third-order valence-corrected chi connectivity index (χ3v) is 9.46. The first kappa shape index (κ1) is 31.5. The first-order chi connectivity index (χ1) is 20.0. The average molecular weight is 635 g/mol. The zero-order chi connectivity index (χ0) is 30.4. The van der Waals surface area contributed by atoms with E-state index in [0.29, 0.717) is 46.7 Å². The van der Waals surface area contributed by atoms with E-state index in [1.54, 1.807) is 55.5 Å². The standard InChI is InChI=1S/C30H33Cl2N3O6S/c1-4-20(2)33-30(37)21(3)34(18-22-10-12-25(31)26(32)16-22)29(36)19-35(42(38,39)24-8-6-5-7-9-24)23-11-13-27-28(17-23)41-15-14-40-27/h5-13,16-17,20-21H,4,14-15,18-19H2,1-3H3,(H,33,37)/t20-,21-/m1/s1. The second-order valence-electron chi connectivity index (χ2n) is 9.92. The molecule has 3 aromatic rings. The normalized spacial score (nSPS) is 14.0. The smallest absolute Gasteiger partial charge is 0.264 e. The average Bonchev–Trinajstić information content (AvgIpc) is 2.99. The molecule has 42 heavy (non-hydrogen) atoms. The van der Waals surface area contributed by atoms with Gasteiger partial charge < -0.3 is 19.7 Å². The number of halogens is 2. The third-order valence-electron chi connectivity index (χ3n) is 6.93. The molecular formula is C30H33Cl2N3O6S. The second-order valence-corrected chi connectivity index (χ2v) is 12.6. The van der Waals surface area contributed by atoms with Gasteiger partial charge in [0.2, 0.25) is 11.8 Å². The van der Waals surface area contributed by atoms with Gasteiger partial charge in [-0.15, -0.1) is 0 Å². The lowest BCUT2D eigenvalue weighted by Gasteiger charge is -2.32. The van der Waals surface area contributed by atoms with Gasteiger partial charge in [0.25, 0.3) is 10.0 Å². The van der Waals surface area contributed by atoms with Crippen molar-refractivity contribution in [3.63, 3.8) is 0 Å². The predicted octanol–water partition coefficient (Wildman–Crippen LogP) is 5.29. The number of hydrogen-bond acceptors (Lipinski definition) is 6. The number of ether oxygens (including phenoxy) is 2. The van der Waals surface area contributed by atoms with Crippen molar-refractivity contribution in [1.82, 2.24) is 10.2 Å². The summed E-state index contributed by atoms with van der Waals surface area (Å²) in [6.45, 7) is 5.50. The molecule has 0 radical (unpaired) electrons. The highest BCUT2D eigenvalue weighted by Crippen LogP contribution is 2.36. The Morgan fingerprint density at radius 2 is 1.62 bits per heavy atom. The number of fused-ring (bicyclic) bond motifs is 1. The van der Waals surface area contributed by atoms with Crippen LogP contribution in [0.2, 0.25) is 10.0 Å². The summed E-state index contributed by atoms with van der Waals surface area (Å²) in [5.41, 5.74) is 0.834. The van der Waals surface area contributed by atoms with Gasteiger partial charge in [0.1, 0.15) is 25.8 Å². The SMILES string of the molecule is CC[C@@H](C)NC(=O)[C@@H](C)N(Cc1ccc(Cl)c(Cl)c1)C(=O)CN(c1ccc2c(c1)OCCO2)S(=O)(=O)c1ccccc1. The largest absolute Gasteiger partial charge is 0.486 e. The molecule has 12 heteroatoms. The highest BCUT2D eigenvalue weighted by atomic mass is 35.5. The van der Waals surface area contributed by atoms with E-state index in [1.165, 1.54) is 23.1 Å². The maximum absolute atomic E-state index is 14.1. The molecule has 0 aromatic heterocycles. The number of rotatable bonds is 11. The van der Waals surface area contributed by atoms with Gasteiger partial charge in [0.15, 0.2) is 11.5 Å². The number of anilines is 1. The van der Waals surface area contributed by atoms with Crippen molar-refractivity contribution in [3.05, 3.63) is 82.3 Å². The van der Waals surface area contributed by atoms with E-state index in [4.69, 9.17) is 32.7 Å². The van der Waals surface area contributed by atoms with E-state index in [2.05, 4.69) is 5.32 Å². The minimum absolute atomic E-state index is 0.00582. The fourth-order valence-electron chi connectivity index (χ4n) is 4.32. The number of carbonyl (C=O) groups is 2. The highest BCUT2D eigenvalue weighted by molar-refractivity contribution is 7.92. The van der Waals surface area contributed by atoms with E-state index in [1.807, 2.05) is 13.8 Å². The van der Waals surface area contributed by atoms with Crippen molar-refractivity contribution in [3.8, 4) is 11.5 Å². The van der Waals surface area contributed by atoms with Crippen LogP contribution in [0.25, 0.3) is 0 Å². The molecule has 0 unspecified atom stereocenters. The summed E-state index contributed by atoms with van der Waals surface area (Å²) in [5, 5.41) is 3.55. The van der Waals surface area contributed by atoms with E-state index in [0.717, 1.165) is 4.31 Å². The van der Waals surface area contributed by atoms with Crippen molar-refractivity contribution in [1.29, 1.82) is 0 Å². The molecule has 1 heterocycles. The molecule has 0 saturated heterocycles. The van der Waals surface area contributed by atoms with Gasteiger partial charge in [0.05, 0.1) is 20.6 Å². The molecule has 0 fully saturated rings. The molecule has 2 amide bonds. The van der Waals surface area contributed by atoms with Crippen LogP contribution in [0.5, 0.6) is 11.5 Å². The lowest BCUT2D eigenvalue weighted by Crippen LogP contribution is -2.52. The highest BCUT2D eigenvalue weighted by Gasteiger charge is 2.33. The molecule has 4 rings (SSSR count). The van der Waals surface area contributed by atoms with Crippen molar-refractivity contribution < 1.29 is 27.5 Å². The molecule has 2 atom stereocenters. The van der Waals surface area contributed by atoms with Crippen LogP contribution in [0.1, 0.15) is 32.8 Å². The molecule has 3 aromatic carbocycles. The molecule has 1 aliphatic rings. The van der Waals surface area contributed by atoms with Gasteiger partial charge >= 0.3 is 0 Å². The van der Waals surface area contributed by atoms with Gasteiger partial charge in [-0.2, -0.15) is 0 Å². The summed E-state index contributed by atoms with van der Waals surface area (Å²) >= 11 is 12.3. The Kier molecular flexibility index (Phi) is 10.2. The predicted molar refractivity (Wildman–Crippen MR) is 163 cm³/mol. The minimum atomic E-state index is -4.21. The van der Waals surface area contributed by atoms with Gasteiger partial charge in [-0.05, 0) is 62.2 Å². The Morgan fingerprint density at radius 1 is 0.929 bits per heavy atom. The van der Waals surface area contributed by atoms with Gasteiger partial charge in [0, 0.05) is 18.7 Å². The van der Waals surface area contributed by atoms with Crippen molar-refractivity contribution in [2.24, 2.45) is 0 Å². The lowest BCUT2D eigenvalue weighted by atomic mass is 10.1. The first-order valence-corrected chi connectivity index (χ1v) is 15.7. The van der Waals surface area contributed by atoms with E-state index in [-0.39, 0.29) is 29.1 Å². The van der Waals surface area contributed by atoms with E-state index < -0.39 is 28.5 Å². The van der Waals surface area contributed by atoms with Crippen molar-refractivity contribution in [2.45, 2.75) is 50.7 Å². The summed E-state index contributed by atoms with van der Waals surface area (Å²) < 4.78 is 40.2. The van der Waals surface area contributed by atoms with Crippen LogP contribution in [-0.2, 0) is 26.2 Å². The quantitative estimate of drug-likeness (QED) is 0.308. The number of sulfonamides is 1. The molecule has 224 valence electrons. The summed E-state index contributed by atoms with van der Waals surface area (Å²) in [7, 11) is -4.21. The number of benzene rings is 3. The number of amides is 2. The van der Waals surface area contributed by atoms with E-state index >= 15 is 0 Å². The number of nitrogens with zero attached hydrogens (tertiary/aromatic N) is 2. The van der Waals surface area contributed by atoms with Crippen LogP contribution in [0.3, 0.4) is 0 Å². The first-order valence-electron chi connectivity index (χ1n) is 13.5. The molecule has 0 bridgehead atoms. The molecular weight excluding hydrogens is 601 g/mol. The van der Waals surface area contributed by atoms with Crippen LogP contribution in [0.15, 0.2) is 71.6 Å². The zero-order valence-corrected chi connectivity index (χ0v) is 25.9. The fraction of sp³-hybridized carbons (Fsp3) is 0.333. The number of hydrogen-bond donors (Lipinski definition) is 1. The number of carbonyl (C=O) groups excluding carboxylic acids is 2. The van der Waals surface area contributed by atoms with E-state index in [9.17, 15) is 18.0 Å². The summed E-state index contributed by atoms with van der Waals surface area (Å²) in [4.78, 5) is 28.6. The van der Waals surface area contributed by atoms with Gasteiger partial charge in [-0.25, -0.2) is 8.42 Å². The third kappa shape index (κ3) is 7.29.